The van der Waals surface area contributed by atoms with Crippen LogP contribution in [0, 0.1) is 13.8 Å². The van der Waals surface area contributed by atoms with Crippen molar-refractivity contribution in [1.29, 1.82) is 0 Å². The van der Waals surface area contributed by atoms with Crippen LogP contribution in [0.25, 0.3) is 0 Å². The molecule has 0 spiro atoms. The van der Waals surface area contributed by atoms with Crippen LogP contribution in [0.2, 0.25) is 0 Å². The minimum absolute atomic E-state index is 0.0390. The van der Waals surface area contributed by atoms with Gasteiger partial charge in [0.1, 0.15) is 0 Å². The zero-order valence-corrected chi connectivity index (χ0v) is 12.7. The van der Waals surface area contributed by atoms with Gasteiger partial charge in [-0.05, 0) is 43.3 Å². The van der Waals surface area contributed by atoms with Crippen LogP contribution in [0.5, 0.6) is 0 Å². The van der Waals surface area contributed by atoms with Gasteiger partial charge in [0.15, 0.2) is 5.11 Å². The molecule has 0 radical (unpaired) electrons. The molecular weight excluding hydrogens is 294 g/mol. The first-order chi connectivity index (χ1) is 9.66. The Labute approximate surface area is 127 Å². The number of hydrogen-bond acceptors (Lipinski definition) is 4. The molecule has 0 aliphatic rings. The number of aryl methyl sites for hydroxylation is 1. The van der Waals surface area contributed by atoms with Gasteiger partial charge >= 0.3 is 11.9 Å². The topological polar surface area (TPSA) is 139 Å². The molecule has 8 heteroatoms. The number of aromatic carboxylic acids is 1. The van der Waals surface area contributed by atoms with Crippen molar-refractivity contribution in [3.63, 3.8) is 0 Å². The van der Waals surface area contributed by atoms with E-state index >= 15 is 0 Å². The van der Waals surface area contributed by atoms with Gasteiger partial charge in [-0.15, -0.1) is 0 Å². The van der Waals surface area contributed by atoms with Gasteiger partial charge in [0.25, 0.3) is 0 Å². The summed E-state index contributed by atoms with van der Waals surface area (Å²) in [6.07, 6.45) is 0.0390. The van der Waals surface area contributed by atoms with Crippen molar-refractivity contribution >= 4 is 35.0 Å². The van der Waals surface area contributed by atoms with Crippen LogP contribution in [0.15, 0.2) is 12.1 Å². The van der Waals surface area contributed by atoms with E-state index in [-0.39, 0.29) is 17.1 Å². The minimum Gasteiger partial charge on any atom is -0.481 e. The SMILES string of the molecule is Cc1ccc(C(=O)O)c(N)c1C.NC(=S)NCCC(=O)O. The van der Waals surface area contributed by atoms with E-state index < -0.39 is 11.9 Å². The number of carbonyl (C=O) groups is 2. The van der Waals surface area contributed by atoms with Crippen molar-refractivity contribution < 1.29 is 19.8 Å². The van der Waals surface area contributed by atoms with Crippen LogP contribution in [0.3, 0.4) is 0 Å². The number of nitrogen functional groups attached to an aromatic ring is 1. The lowest BCUT2D eigenvalue weighted by atomic mass is 10.0. The van der Waals surface area contributed by atoms with Gasteiger partial charge in [0.2, 0.25) is 0 Å². The molecule has 1 aromatic carbocycles. The highest BCUT2D eigenvalue weighted by Gasteiger charge is 2.09. The highest BCUT2D eigenvalue weighted by molar-refractivity contribution is 7.80. The lowest BCUT2D eigenvalue weighted by Gasteiger charge is -2.06. The number of anilines is 1. The van der Waals surface area contributed by atoms with Crippen LogP contribution >= 0.6 is 12.2 Å². The van der Waals surface area contributed by atoms with Gasteiger partial charge in [-0.1, -0.05) is 6.07 Å². The molecular formula is C13H19N3O4S. The molecule has 0 aliphatic carbocycles. The Hall–Kier alpha value is -2.35. The number of thiocarbonyl (C=S) groups is 1. The second-order valence-corrected chi connectivity index (χ2v) is 4.65. The molecule has 7 nitrogen and oxygen atoms in total. The van der Waals surface area contributed by atoms with Crippen LogP contribution in [-0.4, -0.2) is 33.8 Å². The Kier molecular flexibility index (Phi) is 7.77. The van der Waals surface area contributed by atoms with E-state index in [1.165, 1.54) is 6.07 Å². The maximum Gasteiger partial charge on any atom is 0.337 e. The third-order valence-corrected chi connectivity index (χ3v) is 2.80. The first-order valence-corrected chi connectivity index (χ1v) is 6.41. The fraction of sp³-hybridized carbons (Fsp3) is 0.308. The van der Waals surface area contributed by atoms with Crippen LogP contribution in [0.1, 0.15) is 27.9 Å². The molecule has 21 heavy (non-hydrogen) atoms. The standard InChI is InChI=1S/C9H11NO2.C4H8N2O2S/c1-5-3-4-7(9(11)12)8(10)6(5)2;5-4(9)6-2-1-3(7)8/h3-4H,10H2,1-2H3,(H,11,12);1-2H2,(H,7,8)(H3,5,6,9). The third kappa shape index (κ3) is 7.11. The molecule has 0 aliphatic heterocycles. The molecule has 0 aromatic heterocycles. The monoisotopic (exact) mass is 313 g/mol. The number of carboxylic acids is 2. The summed E-state index contributed by atoms with van der Waals surface area (Å²) in [5.41, 5.74) is 13.0. The fourth-order valence-corrected chi connectivity index (χ4v) is 1.42. The quantitative estimate of drug-likeness (QED) is 0.408. The average molecular weight is 313 g/mol. The van der Waals surface area contributed by atoms with Gasteiger partial charge in [-0.2, -0.15) is 0 Å². The summed E-state index contributed by atoms with van der Waals surface area (Å²) in [5, 5.41) is 19.4. The van der Waals surface area contributed by atoms with Crippen molar-refractivity contribution in [2.45, 2.75) is 20.3 Å². The van der Waals surface area contributed by atoms with Gasteiger partial charge in [0.05, 0.1) is 12.0 Å². The van der Waals surface area contributed by atoms with Crippen LogP contribution < -0.4 is 16.8 Å². The van der Waals surface area contributed by atoms with Gasteiger partial charge in [-0.25, -0.2) is 4.79 Å². The number of hydrogen-bond donors (Lipinski definition) is 5. The van der Waals surface area contributed by atoms with Gasteiger partial charge in [0, 0.05) is 12.2 Å². The Bertz CT molecular complexity index is 532. The molecule has 0 atom stereocenters. The first-order valence-electron chi connectivity index (χ1n) is 6.00. The zero-order valence-electron chi connectivity index (χ0n) is 11.8. The second kappa shape index (κ2) is 8.75. The van der Waals surface area contributed by atoms with E-state index in [1.54, 1.807) is 6.07 Å². The van der Waals surface area contributed by atoms with E-state index in [9.17, 15) is 9.59 Å². The molecule has 0 heterocycles. The van der Waals surface area contributed by atoms with E-state index in [2.05, 4.69) is 17.5 Å². The normalized spacial score (nSPS) is 9.24. The average Bonchev–Trinajstić information content (AvgIpc) is 2.35. The molecule has 116 valence electrons. The Morgan fingerprint density at radius 1 is 1.29 bits per heavy atom. The van der Waals surface area contributed by atoms with Crippen molar-refractivity contribution in [2.75, 3.05) is 12.3 Å². The lowest BCUT2D eigenvalue weighted by Crippen LogP contribution is -2.30. The molecule has 1 rings (SSSR count). The summed E-state index contributed by atoms with van der Waals surface area (Å²) in [6, 6.07) is 3.29. The predicted molar refractivity (Wildman–Crippen MR) is 84.3 cm³/mol. The molecule has 0 saturated heterocycles. The van der Waals surface area contributed by atoms with Crippen LogP contribution in [0.4, 0.5) is 5.69 Å². The summed E-state index contributed by atoms with van der Waals surface area (Å²) in [4.78, 5) is 20.5. The van der Waals surface area contributed by atoms with Gasteiger partial charge in [-0.3, -0.25) is 4.79 Å². The molecule has 0 amide bonds. The summed E-state index contributed by atoms with van der Waals surface area (Å²) in [5.74, 6) is -1.84. The third-order valence-electron chi connectivity index (χ3n) is 2.65. The van der Waals surface area contributed by atoms with Gasteiger partial charge < -0.3 is 27.0 Å². The summed E-state index contributed by atoms with van der Waals surface area (Å²) in [7, 11) is 0. The van der Waals surface area contributed by atoms with Crippen molar-refractivity contribution in [3.8, 4) is 0 Å². The van der Waals surface area contributed by atoms with Crippen molar-refractivity contribution in [2.24, 2.45) is 5.73 Å². The Morgan fingerprint density at radius 3 is 2.29 bits per heavy atom. The summed E-state index contributed by atoms with van der Waals surface area (Å²) in [6.45, 7) is 4.01. The fourth-order valence-electron chi connectivity index (χ4n) is 1.32. The lowest BCUT2D eigenvalue weighted by molar-refractivity contribution is -0.136. The van der Waals surface area contributed by atoms with E-state index in [1.807, 2.05) is 13.8 Å². The molecule has 7 N–H and O–H groups in total. The highest BCUT2D eigenvalue weighted by Crippen LogP contribution is 2.19. The number of benzene rings is 1. The second-order valence-electron chi connectivity index (χ2n) is 4.21. The van der Waals surface area contributed by atoms with Crippen molar-refractivity contribution in [1.82, 2.24) is 5.32 Å². The number of carboxylic acid groups (broad SMARTS) is 2. The highest BCUT2D eigenvalue weighted by atomic mass is 32.1. The van der Waals surface area contributed by atoms with Crippen LogP contribution in [-0.2, 0) is 4.79 Å². The molecule has 1 aromatic rings. The smallest absolute Gasteiger partial charge is 0.337 e. The largest absolute Gasteiger partial charge is 0.481 e. The number of nitrogens with two attached hydrogens (primary N) is 2. The molecule has 0 bridgehead atoms. The van der Waals surface area contributed by atoms with E-state index in [0.29, 0.717) is 12.2 Å². The maximum absolute atomic E-state index is 10.6. The minimum atomic E-state index is -0.976. The molecule has 0 fully saturated rings. The van der Waals surface area contributed by atoms with Crippen molar-refractivity contribution in [3.05, 3.63) is 28.8 Å². The Balaban J connectivity index is 0.000000400. The number of aliphatic carboxylic acids is 1. The van der Waals surface area contributed by atoms with E-state index in [0.717, 1.165) is 11.1 Å². The number of rotatable bonds is 4. The molecule has 0 unspecified atom stereocenters. The number of nitrogens with one attached hydrogen (secondary N) is 1. The predicted octanol–water partition coefficient (Wildman–Crippen LogP) is 0.878. The molecule has 0 saturated carbocycles. The summed E-state index contributed by atoms with van der Waals surface area (Å²) < 4.78 is 0. The maximum atomic E-state index is 10.6. The van der Waals surface area contributed by atoms with E-state index in [4.69, 9.17) is 21.7 Å². The first kappa shape index (κ1) is 18.7. The zero-order chi connectivity index (χ0) is 16.6. The summed E-state index contributed by atoms with van der Waals surface area (Å²) >= 11 is 4.42. The Morgan fingerprint density at radius 2 is 1.86 bits per heavy atom.